The zero-order chi connectivity index (χ0) is 25.4. The Balaban J connectivity index is 1.92. The molecule has 1 unspecified atom stereocenters. The van der Waals surface area contributed by atoms with Crippen LogP contribution in [0.1, 0.15) is 41.6 Å². The Morgan fingerprint density at radius 2 is 1.49 bits per heavy atom. The van der Waals surface area contributed by atoms with Crippen LogP contribution in [0.3, 0.4) is 0 Å². The number of nitrogens with one attached hydrogen (secondary N) is 1. The van der Waals surface area contributed by atoms with Crippen LogP contribution >= 0.6 is 0 Å². The van der Waals surface area contributed by atoms with Crippen molar-refractivity contribution in [3.8, 4) is 11.1 Å². The first-order valence-corrected chi connectivity index (χ1v) is 11.0. The standard InChI is InChI=1S/C26H22F6N2O/c1-2-10-34-15-23(35)33-22-9-8-17(13-21(22)24(34)16-6-4-3-5-7-16)18-11-19(25(27,28)29)14-20(12-18)26(30,31)32/h3-9,11-14,24H,2,10,15H2,1H3,(H,33,35). The molecule has 0 saturated heterocycles. The molecule has 1 amide bonds. The summed E-state index contributed by atoms with van der Waals surface area (Å²) in [6, 6.07) is 14.9. The molecule has 0 radical (unpaired) electrons. The van der Waals surface area contributed by atoms with E-state index < -0.39 is 29.5 Å². The largest absolute Gasteiger partial charge is 0.416 e. The average Bonchev–Trinajstić information content (AvgIpc) is 2.93. The summed E-state index contributed by atoms with van der Waals surface area (Å²) in [6.45, 7) is 2.63. The molecular weight excluding hydrogens is 470 g/mol. The van der Waals surface area contributed by atoms with E-state index in [1.165, 1.54) is 12.1 Å². The van der Waals surface area contributed by atoms with Crippen molar-refractivity contribution in [2.45, 2.75) is 31.7 Å². The Bertz CT molecular complexity index is 1190. The number of carbonyl (C=O) groups is 1. The van der Waals surface area contributed by atoms with Gasteiger partial charge in [-0.1, -0.05) is 43.3 Å². The van der Waals surface area contributed by atoms with E-state index in [2.05, 4.69) is 5.32 Å². The van der Waals surface area contributed by atoms with E-state index in [-0.39, 0.29) is 29.6 Å². The van der Waals surface area contributed by atoms with Crippen molar-refractivity contribution in [1.29, 1.82) is 0 Å². The van der Waals surface area contributed by atoms with Crippen LogP contribution in [0.25, 0.3) is 11.1 Å². The van der Waals surface area contributed by atoms with Crippen LogP contribution in [0.15, 0.2) is 66.7 Å². The van der Waals surface area contributed by atoms with Gasteiger partial charge in [-0.3, -0.25) is 9.69 Å². The van der Waals surface area contributed by atoms with Crippen molar-refractivity contribution in [1.82, 2.24) is 4.90 Å². The summed E-state index contributed by atoms with van der Waals surface area (Å²) in [5.41, 5.74) is -0.854. The average molecular weight is 492 g/mol. The summed E-state index contributed by atoms with van der Waals surface area (Å²) >= 11 is 0. The maximum Gasteiger partial charge on any atom is 0.416 e. The number of hydrogen-bond donors (Lipinski definition) is 1. The summed E-state index contributed by atoms with van der Waals surface area (Å²) in [7, 11) is 0. The first kappa shape index (κ1) is 24.8. The molecule has 3 aromatic carbocycles. The topological polar surface area (TPSA) is 32.3 Å². The molecule has 1 heterocycles. The molecule has 0 spiro atoms. The van der Waals surface area contributed by atoms with E-state index in [1.54, 1.807) is 6.07 Å². The van der Waals surface area contributed by atoms with Gasteiger partial charge < -0.3 is 5.32 Å². The van der Waals surface area contributed by atoms with Crippen LogP contribution in [0.4, 0.5) is 32.0 Å². The van der Waals surface area contributed by atoms with Crippen molar-refractivity contribution < 1.29 is 31.1 Å². The number of halogens is 6. The summed E-state index contributed by atoms with van der Waals surface area (Å²) in [5, 5.41) is 2.82. The van der Waals surface area contributed by atoms with E-state index in [0.29, 0.717) is 29.9 Å². The highest BCUT2D eigenvalue weighted by molar-refractivity contribution is 5.94. The summed E-state index contributed by atoms with van der Waals surface area (Å²) < 4.78 is 80.5. The number of carbonyl (C=O) groups excluding carboxylic acids is 1. The molecule has 1 atom stereocenters. The number of hydrogen-bond acceptors (Lipinski definition) is 2. The third kappa shape index (κ3) is 5.35. The van der Waals surface area contributed by atoms with Crippen LogP contribution in [0.2, 0.25) is 0 Å². The van der Waals surface area contributed by atoms with Gasteiger partial charge in [0.15, 0.2) is 0 Å². The minimum atomic E-state index is -4.94. The highest BCUT2D eigenvalue weighted by Crippen LogP contribution is 2.41. The molecule has 0 fully saturated rings. The Morgan fingerprint density at radius 3 is 2.06 bits per heavy atom. The fourth-order valence-corrected chi connectivity index (χ4v) is 4.39. The van der Waals surface area contributed by atoms with E-state index >= 15 is 0 Å². The van der Waals surface area contributed by atoms with Gasteiger partial charge in [0.25, 0.3) is 0 Å². The van der Waals surface area contributed by atoms with Crippen LogP contribution in [-0.4, -0.2) is 23.9 Å². The van der Waals surface area contributed by atoms with Crippen LogP contribution < -0.4 is 5.32 Å². The molecule has 184 valence electrons. The number of amides is 1. The molecule has 0 saturated carbocycles. The molecule has 1 aliphatic heterocycles. The minimum absolute atomic E-state index is 0.0964. The lowest BCUT2D eigenvalue weighted by atomic mass is 9.91. The molecular formula is C26H22F6N2O. The molecule has 0 aromatic heterocycles. The van der Waals surface area contributed by atoms with Gasteiger partial charge in [0.2, 0.25) is 5.91 Å². The van der Waals surface area contributed by atoms with Gasteiger partial charge in [-0.15, -0.1) is 0 Å². The van der Waals surface area contributed by atoms with Crippen molar-refractivity contribution in [2.24, 2.45) is 0 Å². The lowest BCUT2D eigenvalue weighted by molar-refractivity contribution is -0.143. The normalized spacial score (nSPS) is 17.0. The zero-order valence-electron chi connectivity index (χ0n) is 18.7. The number of nitrogens with zero attached hydrogens (tertiary/aromatic N) is 1. The maximum atomic E-state index is 13.4. The Labute approximate surface area is 198 Å². The Hall–Kier alpha value is -3.33. The molecule has 35 heavy (non-hydrogen) atoms. The van der Waals surface area contributed by atoms with Crippen molar-refractivity contribution >= 4 is 11.6 Å². The SMILES string of the molecule is CCCN1CC(=O)Nc2ccc(-c3cc(C(F)(F)F)cc(C(F)(F)F)c3)cc2C1c1ccccc1. The summed E-state index contributed by atoms with van der Waals surface area (Å²) in [5.74, 6) is -0.246. The fraction of sp³-hybridized carbons (Fsp3) is 0.269. The second-order valence-electron chi connectivity index (χ2n) is 8.43. The van der Waals surface area contributed by atoms with Crippen molar-refractivity contribution in [2.75, 3.05) is 18.4 Å². The first-order valence-electron chi connectivity index (χ1n) is 11.0. The first-order chi connectivity index (χ1) is 16.5. The second kappa shape index (κ2) is 9.37. The van der Waals surface area contributed by atoms with Gasteiger partial charge >= 0.3 is 12.4 Å². The second-order valence-corrected chi connectivity index (χ2v) is 8.43. The van der Waals surface area contributed by atoms with Gasteiger partial charge in [-0.05, 0) is 65.6 Å². The maximum absolute atomic E-state index is 13.4. The quantitative estimate of drug-likeness (QED) is 0.393. The number of rotatable bonds is 4. The molecule has 1 aliphatic rings. The summed E-state index contributed by atoms with van der Waals surface area (Å²) in [6.07, 6.45) is -9.14. The number of fused-ring (bicyclic) bond motifs is 1. The fourth-order valence-electron chi connectivity index (χ4n) is 4.39. The Morgan fingerprint density at radius 1 is 0.857 bits per heavy atom. The Kier molecular flexibility index (Phi) is 6.64. The van der Waals surface area contributed by atoms with E-state index in [9.17, 15) is 31.1 Å². The molecule has 0 bridgehead atoms. The predicted molar refractivity (Wildman–Crippen MR) is 121 cm³/mol. The molecule has 4 rings (SSSR count). The van der Waals surface area contributed by atoms with Gasteiger partial charge in [-0.25, -0.2) is 0 Å². The molecule has 0 aliphatic carbocycles. The number of alkyl halides is 6. The van der Waals surface area contributed by atoms with Crippen molar-refractivity contribution in [3.63, 3.8) is 0 Å². The predicted octanol–water partition coefficient (Wildman–Crippen LogP) is 7.14. The molecule has 9 heteroatoms. The minimum Gasteiger partial charge on any atom is -0.325 e. The van der Waals surface area contributed by atoms with E-state index in [0.717, 1.165) is 12.0 Å². The van der Waals surface area contributed by atoms with Gasteiger partial charge in [0, 0.05) is 5.69 Å². The lowest BCUT2D eigenvalue weighted by Crippen LogP contribution is -2.34. The third-order valence-electron chi connectivity index (χ3n) is 5.88. The third-order valence-corrected chi connectivity index (χ3v) is 5.88. The monoisotopic (exact) mass is 492 g/mol. The molecule has 3 aromatic rings. The lowest BCUT2D eigenvalue weighted by Gasteiger charge is -2.30. The zero-order valence-corrected chi connectivity index (χ0v) is 18.7. The van der Waals surface area contributed by atoms with E-state index in [4.69, 9.17) is 0 Å². The van der Waals surface area contributed by atoms with Crippen LogP contribution in [-0.2, 0) is 17.1 Å². The molecule has 1 N–H and O–H groups in total. The number of benzene rings is 3. The van der Waals surface area contributed by atoms with Gasteiger partial charge in [0.1, 0.15) is 0 Å². The smallest absolute Gasteiger partial charge is 0.325 e. The number of anilines is 1. The van der Waals surface area contributed by atoms with Crippen LogP contribution in [0, 0.1) is 0 Å². The van der Waals surface area contributed by atoms with Gasteiger partial charge in [0.05, 0.1) is 23.7 Å². The summed E-state index contributed by atoms with van der Waals surface area (Å²) in [4.78, 5) is 14.5. The van der Waals surface area contributed by atoms with Gasteiger partial charge in [-0.2, -0.15) is 26.3 Å². The van der Waals surface area contributed by atoms with E-state index in [1.807, 2.05) is 42.2 Å². The highest BCUT2D eigenvalue weighted by Gasteiger charge is 2.37. The van der Waals surface area contributed by atoms with Crippen molar-refractivity contribution in [3.05, 3.63) is 89.0 Å². The van der Waals surface area contributed by atoms with Crippen LogP contribution in [0.5, 0.6) is 0 Å². The highest BCUT2D eigenvalue weighted by atomic mass is 19.4. The molecule has 3 nitrogen and oxygen atoms in total.